The SMILES string of the molecule is COCC(C)N(C)S(=O)(=O)c1ccc(CNCC(C)C)o1. The maximum absolute atomic E-state index is 12.4. The fourth-order valence-corrected chi connectivity index (χ4v) is 3.07. The van der Waals surface area contributed by atoms with Crippen LogP contribution in [0.4, 0.5) is 0 Å². The van der Waals surface area contributed by atoms with Crippen LogP contribution in [-0.4, -0.2) is 46.1 Å². The van der Waals surface area contributed by atoms with Gasteiger partial charge in [-0.25, -0.2) is 8.42 Å². The molecule has 21 heavy (non-hydrogen) atoms. The Morgan fingerprint density at radius 3 is 2.57 bits per heavy atom. The van der Waals surface area contributed by atoms with E-state index >= 15 is 0 Å². The summed E-state index contributed by atoms with van der Waals surface area (Å²) in [4.78, 5) is 0. The maximum Gasteiger partial charge on any atom is 0.276 e. The van der Waals surface area contributed by atoms with Crippen LogP contribution in [-0.2, 0) is 21.3 Å². The summed E-state index contributed by atoms with van der Waals surface area (Å²) in [5.74, 6) is 1.14. The lowest BCUT2D eigenvalue weighted by molar-refractivity contribution is 0.148. The molecule has 0 saturated heterocycles. The van der Waals surface area contributed by atoms with E-state index in [0.717, 1.165) is 6.54 Å². The van der Waals surface area contributed by atoms with Gasteiger partial charge in [0, 0.05) is 20.2 Å². The zero-order valence-electron chi connectivity index (χ0n) is 13.4. The molecule has 1 aromatic heterocycles. The largest absolute Gasteiger partial charge is 0.447 e. The number of furan rings is 1. The Labute approximate surface area is 127 Å². The molecule has 7 heteroatoms. The Hall–Kier alpha value is -0.890. The van der Waals surface area contributed by atoms with E-state index in [2.05, 4.69) is 19.2 Å². The summed E-state index contributed by atoms with van der Waals surface area (Å²) >= 11 is 0. The van der Waals surface area contributed by atoms with E-state index in [1.807, 2.05) is 0 Å². The van der Waals surface area contributed by atoms with Gasteiger partial charge in [-0.15, -0.1) is 0 Å². The number of rotatable bonds is 9. The number of nitrogens with one attached hydrogen (secondary N) is 1. The Morgan fingerprint density at radius 2 is 2.00 bits per heavy atom. The first kappa shape index (κ1) is 18.2. The predicted molar refractivity (Wildman–Crippen MR) is 81.5 cm³/mol. The molecule has 0 aromatic carbocycles. The van der Waals surface area contributed by atoms with Gasteiger partial charge in [0.1, 0.15) is 5.76 Å². The Kier molecular flexibility index (Phi) is 6.86. The van der Waals surface area contributed by atoms with Gasteiger partial charge >= 0.3 is 0 Å². The highest BCUT2D eigenvalue weighted by Gasteiger charge is 2.28. The third-order valence-electron chi connectivity index (χ3n) is 3.15. The highest BCUT2D eigenvalue weighted by Crippen LogP contribution is 2.19. The van der Waals surface area contributed by atoms with E-state index in [9.17, 15) is 8.42 Å². The standard InChI is InChI=1S/C14H26N2O4S/c1-11(2)8-15-9-13-6-7-14(20-13)21(17,18)16(4)12(3)10-19-5/h6-7,11-12,15H,8-10H2,1-5H3. The average molecular weight is 318 g/mol. The van der Waals surface area contributed by atoms with E-state index in [0.29, 0.717) is 24.8 Å². The minimum atomic E-state index is -3.62. The van der Waals surface area contributed by atoms with Gasteiger partial charge in [-0.3, -0.25) is 0 Å². The van der Waals surface area contributed by atoms with Gasteiger partial charge in [-0.05, 0) is 31.5 Å². The third-order valence-corrected chi connectivity index (χ3v) is 5.00. The molecule has 0 amide bonds. The highest BCUT2D eigenvalue weighted by atomic mass is 32.2. The average Bonchev–Trinajstić information content (AvgIpc) is 2.87. The second-order valence-electron chi connectivity index (χ2n) is 5.57. The van der Waals surface area contributed by atoms with Gasteiger partial charge in [0.2, 0.25) is 5.09 Å². The summed E-state index contributed by atoms with van der Waals surface area (Å²) in [6, 6.07) is 2.93. The first-order valence-electron chi connectivity index (χ1n) is 7.05. The zero-order valence-corrected chi connectivity index (χ0v) is 14.2. The predicted octanol–water partition coefficient (Wildman–Crippen LogP) is 1.68. The molecule has 1 N–H and O–H groups in total. The molecule has 0 fully saturated rings. The van der Waals surface area contributed by atoms with Gasteiger partial charge in [0.25, 0.3) is 10.0 Å². The van der Waals surface area contributed by atoms with Crippen molar-refractivity contribution in [1.29, 1.82) is 0 Å². The molecule has 0 aliphatic carbocycles. The van der Waals surface area contributed by atoms with Crippen molar-refractivity contribution >= 4 is 10.0 Å². The fourth-order valence-electron chi connectivity index (χ4n) is 1.80. The summed E-state index contributed by atoms with van der Waals surface area (Å²) in [5.41, 5.74) is 0. The van der Waals surface area contributed by atoms with Crippen molar-refractivity contribution in [2.45, 2.75) is 38.5 Å². The number of methoxy groups -OCH3 is 1. The van der Waals surface area contributed by atoms with Crippen molar-refractivity contribution in [1.82, 2.24) is 9.62 Å². The van der Waals surface area contributed by atoms with Gasteiger partial charge in [0.05, 0.1) is 13.2 Å². The molecular weight excluding hydrogens is 292 g/mol. The normalized spacial score (nSPS) is 14.0. The molecule has 1 atom stereocenters. The molecule has 6 nitrogen and oxygen atoms in total. The lowest BCUT2D eigenvalue weighted by atomic mass is 10.2. The fraction of sp³-hybridized carbons (Fsp3) is 0.714. The molecule has 0 spiro atoms. The van der Waals surface area contributed by atoms with Crippen LogP contribution in [0.2, 0.25) is 0 Å². The second-order valence-corrected chi connectivity index (χ2v) is 7.50. The first-order valence-corrected chi connectivity index (χ1v) is 8.49. The van der Waals surface area contributed by atoms with Crippen LogP contribution < -0.4 is 5.32 Å². The molecular formula is C14H26N2O4S. The highest BCUT2D eigenvalue weighted by molar-refractivity contribution is 7.89. The van der Waals surface area contributed by atoms with Crippen LogP contribution in [0.25, 0.3) is 0 Å². The number of nitrogens with zero attached hydrogens (tertiary/aromatic N) is 1. The van der Waals surface area contributed by atoms with E-state index in [1.54, 1.807) is 20.1 Å². The molecule has 1 aromatic rings. The van der Waals surface area contributed by atoms with Crippen molar-refractivity contribution in [3.63, 3.8) is 0 Å². The number of sulfonamides is 1. The molecule has 0 bridgehead atoms. The second kappa shape index (κ2) is 7.93. The van der Waals surface area contributed by atoms with Crippen LogP contribution in [0.1, 0.15) is 26.5 Å². The van der Waals surface area contributed by atoms with Crippen LogP contribution in [0.15, 0.2) is 21.6 Å². The first-order chi connectivity index (χ1) is 9.78. The topological polar surface area (TPSA) is 71.8 Å². The molecule has 0 radical (unpaired) electrons. The number of likely N-dealkylation sites (N-methyl/N-ethyl adjacent to an activating group) is 1. The molecule has 1 rings (SSSR count). The molecule has 0 saturated carbocycles. The number of hydrogen-bond acceptors (Lipinski definition) is 5. The number of hydrogen-bond donors (Lipinski definition) is 1. The van der Waals surface area contributed by atoms with Crippen molar-refractivity contribution in [2.75, 3.05) is 27.3 Å². The van der Waals surface area contributed by atoms with E-state index < -0.39 is 10.0 Å². The van der Waals surface area contributed by atoms with Crippen LogP contribution in [0, 0.1) is 5.92 Å². The monoisotopic (exact) mass is 318 g/mol. The lowest BCUT2D eigenvalue weighted by Gasteiger charge is -2.22. The van der Waals surface area contributed by atoms with Crippen molar-refractivity contribution in [3.8, 4) is 0 Å². The van der Waals surface area contributed by atoms with E-state index in [1.165, 1.54) is 17.4 Å². The molecule has 1 unspecified atom stereocenters. The van der Waals surface area contributed by atoms with Crippen LogP contribution >= 0.6 is 0 Å². The molecule has 0 aliphatic rings. The Balaban J connectivity index is 2.74. The Bertz CT molecular complexity index is 525. The summed E-state index contributed by atoms with van der Waals surface area (Å²) in [7, 11) is -0.552. The van der Waals surface area contributed by atoms with E-state index in [4.69, 9.17) is 9.15 Å². The Morgan fingerprint density at radius 1 is 1.33 bits per heavy atom. The molecule has 122 valence electrons. The van der Waals surface area contributed by atoms with Crippen LogP contribution in [0.5, 0.6) is 0 Å². The zero-order chi connectivity index (χ0) is 16.0. The van der Waals surface area contributed by atoms with Crippen molar-refractivity contribution in [2.24, 2.45) is 5.92 Å². The van der Waals surface area contributed by atoms with Crippen molar-refractivity contribution < 1.29 is 17.6 Å². The summed E-state index contributed by atoms with van der Waals surface area (Å²) in [6.45, 7) is 7.71. The summed E-state index contributed by atoms with van der Waals surface area (Å²) < 4.78 is 36.5. The minimum Gasteiger partial charge on any atom is -0.447 e. The van der Waals surface area contributed by atoms with Gasteiger partial charge in [-0.2, -0.15) is 4.31 Å². The van der Waals surface area contributed by atoms with E-state index in [-0.39, 0.29) is 11.1 Å². The third kappa shape index (κ3) is 5.10. The van der Waals surface area contributed by atoms with Gasteiger partial charge < -0.3 is 14.5 Å². The van der Waals surface area contributed by atoms with Gasteiger partial charge in [-0.1, -0.05) is 13.8 Å². The smallest absolute Gasteiger partial charge is 0.276 e. The minimum absolute atomic E-state index is 0.0331. The molecule has 1 heterocycles. The van der Waals surface area contributed by atoms with Gasteiger partial charge in [0.15, 0.2) is 0 Å². The summed E-state index contributed by atoms with van der Waals surface area (Å²) in [6.07, 6.45) is 0. The van der Waals surface area contributed by atoms with Crippen molar-refractivity contribution in [3.05, 3.63) is 17.9 Å². The quantitative estimate of drug-likeness (QED) is 0.750. The summed E-state index contributed by atoms with van der Waals surface area (Å²) in [5, 5.41) is 3.18. The maximum atomic E-state index is 12.4. The number of ether oxygens (including phenoxy) is 1. The molecule has 0 aliphatic heterocycles. The van der Waals surface area contributed by atoms with Crippen LogP contribution in [0.3, 0.4) is 0 Å². The lowest BCUT2D eigenvalue weighted by Crippen LogP contribution is -2.37.